The van der Waals surface area contributed by atoms with E-state index in [4.69, 9.17) is 28.4 Å². The van der Waals surface area contributed by atoms with Crippen LogP contribution in [0.5, 0.6) is 0 Å². The molecule has 5 rings (SSSR count). The monoisotopic (exact) mass is 657 g/mol. The van der Waals surface area contributed by atoms with Crippen molar-refractivity contribution in [2.75, 3.05) is 20.3 Å². The van der Waals surface area contributed by atoms with Gasteiger partial charge in [-0.1, -0.05) is 31.6 Å². The molecule has 12 heteroatoms. The molecule has 10 atom stereocenters. The second kappa shape index (κ2) is 14.2. The third-order valence-electron chi connectivity index (χ3n) is 9.94. The van der Waals surface area contributed by atoms with Crippen molar-refractivity contribution in [3.05, 3.63) is 59.7 Å². The summed E-state index contributed by atoms with van der Waals surface area (Å²) in [4.78, 5) is 28.2. The van der Waals surface area contributed by atoms with E-state index in [1.165, 1.54) is 18.6 Å². The summed E-state index contributed by atoms with van der Waals surface area (Å²) in [6.07, 6.45) is 10.6. The summed E-state index contributed by atoms with van der Waals surface area (Å²) < 4.78 is 38.2. The SMILES string of the molecule is CO[C@]12C=C[C@](C)(O1)[C@@H](OC(=O)/C=C/c1c[n+](C)c[nH]1)C[C@H]1C(C)=CC[C@H](C(C)C)[C@H]1/C=C\2COC1OCC(O)C(O)C1OC(C)=O. The van der Waals surface area contributed by atoms with E-state index in [1.807, 2.05) is 36.9 Å². The van der Waals surface area contributed by atoms with Crippen molar-refractivity contribution in [1.29, 1.82) is 0 Å². The summed E-state index contributed by atoms with van der Waals surface area (Å²) in [6.45, 7) is 9.38. The van der Waals surface area contributed by atoms with Crippen LogP contribution in [0.2, 0.25) is 0 Å². The highest BCUT2D eigenvalue weighted by Crippen LogP contribution is 2.49. The Kier molecular flexibility index (Phi) is 10.6. The lowest BCUT2D eigenvalue weighted by molar-refractivity contribution is -0.670. The minimum absolute atomic E-state index is 0.0187. The Morgan fingerprint density at radius 2 is 2.00 bits per heavy atom. The van der Waals surface area contributed by atoms with Crippen LogP contribution in [0.25, 0.3) is 6.08 Å². The van der Waals surface area contributed by atoms with Gasteiger partial charge in [-0.3, -0.25) is 4.79 Å². The first-order valence-electron chi connectivity index (χ1n) is 16.3. The zero-order chi connectivity index (χ0) is 34.1. The average Bonchev–Trinajstić information content (AvgIpc) is 3.61. The van der Waals surface area contributed by atoms with Gasteiger partial charge in [-0.2, -0.15) is 0 Å². The Balaban J connectivity index is 1.49. The number of aromatic amines is 1. The highest BCUT2D eigenvalue weighted by Gasteiger charge is 2.54. The number of nitrogens with one attached hydrogen (secondary N) is 1. The van der Waals surface area contributed by atoms with Gasteiger partial charge < -0.3 is 38.6 Å². The van der Waals surface area contributed by atoms with Crippen LogP contribution in [0.3, 0.4) is 0 Å². The van der Waals surface area contributed by atoms with Crippen molar-refractivity contribution < 1.29 is 52.8 Å². The second-order valence-corrected chi connectivity index (χ2v) is 13.6. The first-order valence-corrected chi connectivity index (χ1v) is 16.3. The van der Waals surface area contributed by atoms with Crippen LogP contribution < -0.4 is 4.57 Å². The molecule has 0 amide bonds. The highest BCUT2D eigenvalue weighted by molar-refractivity contribution is 5.86. The van der Waals surface area contributed by atoms with Gasteiger partial charge in [0.05, 0.1) is 20.3 Å². The molecule has 0 spiro atoms. The fourth-order valence-electron chi connectivity index (χ4n) is 7.21. The molecule has 0 aromatic carbocycles. The number of fused-ring (bicyclic) bond motifs is 3. The number of ether oxygens (including phenoxy) is 6. The first-order chi connectivity index (χ1) is 22.2. The van der Waals surface area contributed by atoms with Crippen molar-refractivity contribution in [3.63, 3.8) is 0 Å². The summed E-state index contributed by atoms with van der Waals surface area (Å²) >= 11 is 0. The summed E-state index contributed by atoms with van der Waals surface area (Å²) in [7, 11) is 3.43. The van der Waals surface area contributed by atoms with E-state index in [-0.39, 0.29) is 31.0 Å². The third kappa shape index (κ3) is 7.48. The number of hydrogen-bond donors (Lipinski definition) is 3. The highest BCUT2D eigenvalue weighted by atomic mass is 16.7. The van der Waals surface area contributed by atoms with Gasteiger partial charge in [0.25, 0.3) is 0 Å². The van der Waals surface area contributed by atoms with E-state index in [1.54, 1.807) is 19.5 Å². The van der Waals surface area contributed by atoms with E-state index >= 15 is 0 Å². The van der Waals surface area contributed by atoms with Crippen LogP contribution in [0, 0.1) is 23.7 Å². The van der Waals surface area contributed by atoms with Crippen LogP contribution in [0.4, 0.5) is 0 Å². The number of rotatable bonds is 9. The predicted molar refractivity (Wildman–Crippen MR) is 169 cm³/mol. The van der Waals surface area contributed by atoms with E-state index < -0.39 is 54.0 Å². The maximum atomic E-state index is 13.3. The molecule has 3 aliphatic heterocycles. The van der Waals surface area contributed by atoms with Crippen LogP contribution in [0.1, 0.15) is 53.2 Å². The average molecular weight is 658 g/mol. The predicted octanol–water partition coefficient (Wildman–Crippen LogP) is 2.66. The van der Waals surface area contributed by atoms with Crippen LogP contribution in [-0.2, 0) is 45.1 Å². The summed E-state index contributed by atoms with van der Waals surface area (Å²) in [5, 5.41) is 20.8. The number of carbonyl (C=O) groups excluding carboxylic acids is 2. The van der Waals surface area contributed by atoms with E-state index in [0.29, 0.717) is 17.9 Å². The third-order valence-corrected chi connectivity index (χ3v) is 9.94. The van der Waals surface area contributed by atoms with Crippen LogP contribution in [-0.4, -0.2) is 89.6 Å². The van der Waals surface area contributed by atoms with Gasteiger partial charge >= 0.3 is 11.9 Å². The largest absolute Gasteiger partial charge is 0.456 e. The van der Waals surface area contributed by atoms with Crippen LogP contribution >= 0.6 is 0 Å². The number of H-pyrrole nitrogens is 1. The number of carbonyl (C=O) groups is 2. The Labute approximate surface area is 276 Å². The summed E-state index contributed by atoms with van der Waals surface area (Å²) in [6, 6.07) is 0. The molecule has 4 unspecified atom stereocenters. The maximum absolute atomic E-state index is 13.3. The number of methoxy groups -OCH3 is 1. The zero-order valence-corrected chi connectivity index (χ0v) is 28.3. The first kappa shape index (κ1) is 35.2. The number of imidazole rings is 1. The number of hydrogen-bond acceptors (Lipinski definition) is 10. The summed E-state index contributed by atoms with van der Waals surface area (Å²) in [5.74, 6) is -1.85. The molecular weight excluding hydrogens is 608 g/mol. The van der Waals surface area contributed by atoms with Gasteiger partial charge in [-0.25, -0.2) is 14.3 Å². The lowest BCUT2D eigenvalue weighted by Gasteiger charge is -2.41. The van der Waals surface area contributed by atoms with Crippen molar-refractivity contribution in [1.82, 2.24) is 4.98 Å². The topological polar surface area (TPSA) is 150 Å². The molecule has 4 heterocycles. The normalized spacial score (nSPS) is 38.2. The summed E-state index contributed by atoms with van der Waals surface area (Å²) in [5.41, 5.74) is 1.57. The number of aliphatic hydroxyl groups excluding tert-OH is 2. The molecule has 12 nitrogen and oxygen atoms in total. The molecule has 1 aliphatic carbocycles. The van der Waals surface area contributed by atoms with Crippen molar-refractivity contribution in [3.8, 4) is 0 Å². The molecule has 1 fully saturated rings. The van der Waals surface area contributed by atoms with Crippen molar-refractivity contribution >= 4 is 18.0 Å². The Bertz CT molecular complexity index is 1430. The number of esters is 2. The maximum Gasteiger partial charge on any atom is 0.331 e. The second-order valence-electron chi connectivity index (χ2n) is 13.6. The zero-order valence-electron chi connectivity index (χ0n) is 28.3. The van der Waals surface area contributed by atoms with E-state index in [9.17, 15) is 19.8 Å². The molecule has 1 saturated heterocycles. The molecule has 3 N–H and O–H groups in total. The number of nitrogens with zero attached hydrogens (tertiary/aromatic N) is 1. The van der Waals surface area contributed by atoms with Gasteiger partial charge in [0.1, 0.15) is 30.1 Å². The van der Waals surface area contributed by atoms with Gasteiger partial charge in [-0.15, -0.1) is 0 Å². The molecular formula is C35H49N2O10+. The molecule has 0 saturated carbocycles. The molecule has 1 aromatic heterocycles. The standard InChI is InChI=1S/C35H48N2O10/c1-20(2)25-10-8-21(3)26-15-29(46-30(40)11-9-24-16-37(6)19-36-24)34(5)12-13-35(42-7,47-34)23(14-27(25)26)17-43-33-32(45-22(4)38)31(41)28(39)18-44-33/h8-9,11-14,16,19-20,25-29,31-33,39,41H,10,15,17-18H2,1-7H3/p+1/b11-9+,23-14-/t25-,26+,27-,28?,29+,31?,32?,33?,34+,35-/m1/s1. The number of aliphatic hydroxyl groups is 2. The van der Waals surface area contributed by atoms with Gasteiger partial charge in [-0.05, 0) is 68.6 Å². The van der Waals surface area contributed by atoms with Gasteiger partial charge in [0.15, 0.2) is 18.1 Å². The fourth-order valence-corrected chi connectivity index (χ4v) is 7.21. The smallest absolute Gasteiger partial charge is 0.331 e. The molecule has 1 aromatic rings. The number of aryl methyl sites for hydroxylation is 1. The quantitative estimate of drug-likeness (QED) is 0.157. The molecule has 2 bridgehead atoms. The minimum Gasteiger partial charge on any atom is -0.456 e. The van der Waals surface area contributed by atoms with Crippen LogP contribution in [0.15, 0.2) is 54.1 Å². The van der Waals surface area contributed by atoms with E-state index in [2.05, 4.69) is 37.9 Å². The fraction of sp³-hybridized carbons (Fsp3) is 0.629. The molecule has 47 heavy (non-hydrogen) atoms. The van der Waals surface area contributed by atoms with Crippen molar-refractivity contribution in [2.45, 2.75) is 89.6 Å². The van der Waals surface area contributed by atoms with Gasteiger partial charge in [0, 0.05) is 25.7 Å². The Morgan fingerprint density at radius 3 is 2.66 bits per heavy atom. The Morgan fingerprint density at radius 1 is 1.23 bits per heavy atom. The molecule has 0 radical (unpaired) electrons. The van der Waals surface area contributed by atoms with Crippen molar-refractivity contribution in [2.24, 2.45) is 30.7 Å². The minimum atomic E-state index is -1.39. The lowest BCUT2D eigenvalue weighted by Crippen LogP contribution is -2.55. The molecule has 4 aliphatic rings. The van der Waals surface area contributed by atoms with Gasteiger partial charge in [0.2, 0.25) is 12.1 Å². The number of allylic oxidation sites excluding steroid dienone is 3. The van der Waals surface area contributed by atoms with E-state index in [0.717, 1.165) is 12.1 Å². The lowest BCUT2D eigenvalue weighted by atomic mass is 9.65. The molecule has 258 valence electrons. The number of aromatic nitrogens is 2. The Hall–Kier alpha value is -3.13.